The second-order valence-electron chi connectivity index (χ2n) is 3.53. The summed E-state index contributed by atoms with van der Waals surface area (Å²) in [6.07, 6.45) is 3.60. The Morgan fingerprint density at radius 2 is 2.06 bits per heavy atom. The van der Waals surface area contributed by atoms with Gasteiger partial charge in [0.1, 0.15) is 17.9 Å². The minimum atomic E-state index is -1.00. The van der Waals surface area contributed by atoms with Crippen molar-refractivity contribution in [1.82, 2.24) is 0 Å². The Hall–Kier alpha value is -1.70. The van der Waals surface area contributed by atoms with Crippen LogP contribution in [0.2, 0.25) is 0 Å². The molecule has 0 aliphatic heterocycles. The Kier molecular flexibility index (Phi) is 7.61. The van der Waals surface area contributed by atoms with Crippen LogP contribution in [0.4, 0.5) is 0 Å². The van der Waals surface area contributed by atoms with E-state index in [1.807, 2.05) is 6.92 Å². The maximum atomic E-state index is 10.6. The number of hydrogen-bond donors (Lipinski definition) is 2. The van der Waals surface area contributed by atoms with Crippen LogP contribution in [0, 0.1) is 12.0 Å². The molecule has 3 N–H and O–H groups in total. The van der Waals surface area contributed by atoms with Crippen molar-refractivity contribution in [2.75, 3.05) is 0 Å². The van der Waals surface area contributed by atoms with E-state index in [0.717, 1.165) is 12.0 Å². The molecule has 0 saturated carbocycles. The molecule has 0 bridgehead atoms. The molecule has 0 aliphatic rings. The Labute approximate surface area is 113 Å². The maximum absolute atomic E-state index is 10.6. The van der Waals surface area contributed by atoms with Gasteiger partial charge in [-0.1, -0.05) is 25.0 Å². The second kappa shape index (κ2) is 8.40. The Morgan fingerprint density at radius 3 is 2.56 bits per heavy atom. The zero-order valence-corrected chi connectivity index (χ0v) is 10.9. The highest BCUT2D eigenvalue weighted by Crippen LogP contribution is 2.12. The molecule has 98 valence electrons. The van der Waals surface area contributed by atoms with Gasteiger partial charge in [-0.05, 0) is 24.1 Å². The molecule has 0 unspecified atom stereocenters. The SMILES string of the molecule is CCC#COc1ccc(C[C@H](N)C(=O)O)cc1.Cl. The number of carboxylic acids is 1. The Balaban J connectivity index is 0.00000289. The van der Waals surface area contributed by atoms with Crippen LogP contribution in [0.25, 0.3) is 0 Å². The van der Waals surface area contributed by atoms with Crippen LogP contribution >= 0.6 is 12.4 Å². The number of nitrogens with two attached hydrogens (primary N) is 1. The monoisotopic (exact) mass is 269 g/mol. The van der Waals surface area contributed by atoms with Gasteiger partial charge in [-0.25, -0.2) is 0 Å². The summed E-state index contributed by atoms with van der Waals surface area (Å²) in [6.45, 7) is 1.94. The van der Waals surface area contributed by atoms with E-state index >= 15 is 0 Å². The number of carboxylic acid groups (broad SMARTS) is 1. The van der Waals surface area contributed by atoms with E-state index in [-0.39, 0.29) is 12.4 Å². The van der Waals surface area contributed by atoms with Crippen molar-refractivity contribution in [2.24, 2.45) is 5.73 Å². The molecule has 18 heavy (non-hydrogen) atoms. The summed E-state index contributed by atoms with van der Waals surface area (Å²) in [5.74, 6) is 2.43. The fourth-order valence-corrected chi connectivity index (χ4v) is 1.20. The van der Waals surface area contributed by atoms with Crippen molar-refractivity contribution in [3.05, 3.63) is 29.8 Å². The van der Waals surface area contributed by atoms with E-state index in [2.05, 4.69) is 12.0 Å². The summed E-state index contributed by atoms with van der Waals surface area (Å²) in [6, 6.07) is 6.18. The summed E-state index contributed by atoms with van der Waals surface area (Å²) < 4.78 is 5.15. The molecule has 0 aromatic heterocycles. The van der Waals surface area contributed by atoms with Gasteiger partial charge in [-0.15, -0.1) is 12.4 Å². The number of hydrogen-bond acceptors (Lipinski definition) is 3. The average Bonchev–Trinajstić information content (AvgIpc) is 2.31. The second-order valence-corrected chi connectivity index (χ2v) is 3.53. The van der Waals surface area contributed by atoms with Crippen molar-refractivity contribution in [2.45, 2.75) is 25.8 Å². The van der Waals surface area contributed by atoms with Crippen LogP contribution in [-0.2, 0) is 11.2 Å². The van der Waals surface area contributed by atoms with E-state index < -0.39 is 12.0 Å². The molecular formula is C13H16ClNO3. The third kappa shape index (κ3) is 5.58. The number of ether oxygens (including phenoxy) is 1. The van der Waals surface area contributed by atoms with Gasteiger partial charge in [0, 0.05) is 6.42 Å². The largest absolute Gasteiger partial charge is 0.480 e. The van der Waals surface area contributed by atoms with Gasteiger partial charge in [0.05, 0.1) is 0 Å². The van der Waals surface area contributed by atoms with Crippen molar-refractivity contribution in [3.63, 3.8) is 0 Å². The molecular weight excluding hydrogens is 254 g/mol. The topological polar surface area (TPSA) is 72.5 Å². The van der Waals surface area contributed by atoms with E-state index in [1.54, 1.807) is 24.3 Å². The standard InChI is InChI=1S/C13H15NO3.ClH/c1-2-3-8-17-11-6-4-10(5-7-11)9-12(14)13(15)16;/h4-7,12H,2,9,14H2,1H3,(H,15,16);1H/t12-;/m0./s1. The smallest absolute Gasteiger partial charge is 0.320 e. The number of benzene rings is 1. The first-order valence-corrected chi connectivity index (χ1v) is 5.35. The lowest BCUT2D eigenvalue weighted by Gasteiger charge is -2.06. The van der Waals surface area contributed by atoms with Gasteiger partial charge < -0.3 is 15.6 Å². The Bertz CT molecular complexity index is 434. The third-order valence-corrected chi connectivity index (χ3v) is 2.11. The highest BCUT2D eigenvalue weighted by molar-refractivity contribution is 5.85. The molecule has 0 spiro atoms. The lowest BCUT2D eigenvalue weighted by atomic mass is 10.1. The van der Waals surface area contributed by atoms with Gasteiger partial charge >= 0.3 is 5.97 Å². The van der Waals surface area contributed by atoms with Gasteiger partial charge in [-0.2, -0.15) is 0 Å². The molecule has 0 heterocycles. The molecule has 4 nitrogen and oxygen atoms in total. The number of halogens is 1. The van der Waals surface area contributed by atoms with E-state index in [0.29, 0.717) is 12.2 Å². The van der Waals surface area contributed by atoms with E-state index in [1.165, 1.54) is 0 Å². The number of rotatable bonds is 4. The summed E-state index contributed by atoms with van der Waals surface area (Å²) in [4.78, 5) is 10.6. The molecule has 0 saturated heterocycles. The summed E-state index contributed by atoms with van der Waals surface area (Å²) in [5.41, 5.74) is 6.29. The van der Waals surface area contributed by atoms with E-state index in [4.69, 9.17) is 15.6 Å². The van der Waals surface area contributed by atoms with Gasteiger partial charge in [0.15, 0.2) is 0 Å². The van der Waals surface area contributed by atoms with Crippen molar-refractivity contribution >= 4 is 18.4 Å². The average molecular weight is 270 g/mol. The van der Waals surface area contributed by atoms with Gasteiger partial charge in [-0.3, -0.25) is 4.79 Å². The molecule has 1 atom stereocenters. The molecule has 0 aliphatic carbocycles. The minimum Gasteiger partial charge on any atom is -0.480 e. The molecule has 1 aromatic carbocycles. The fourth-order valence-electron chi connectivity index (χ4n) is 1.20. The van der Waals surface area contributed by atoms with Crippen LogP contribution < -0.4 is 10.5 Å². The lowest BCUT2D eigenvalue weighted by Crippen LogP contribution is -2.32. The molecule has 5 heteroatoms. The van der Waals surface area contributed by atoms with Crippen LogP contribution in [0.1, 0.15) is 18.9 Å². The van der Waals surface area contributed by atoms with Crippen LogP contribution in [0.5, 0.6) is 5.75 Å². The van der Waals surface area contributed by atoms with Crippen LogP contribution in [0.15, 0.2) is 24.3 Å². The molecule has 0 radical (unpaired) electrons. The third-order valence-electron chi connectivity index (χ3n) is 2.11. The van der Waals surface area contributed by atoms with Crippen molar-refractivity contribution in [1.29, 1.82) is 0 Å². The van der Waals surface area contributed by atoms with Gasteiger partial charge in [0.25, 0.3) is 0 Å². The molecule has 1 aromatic rings. The first kappa shape index (κ1) is 16.3. The zero-order valence-electron chi connectivity index (χ0n) is 10.1. The fraction of sp³-hybridized carbons (Fsp3) is 0.308. The summed E-state index contributed by atoms with van der Waals surface area (Å²) in [5, 5.41) is 8.67. The molecule has 0 amide bonds. The van der Waals surface area contributed by atoms with Crippen LogP contribution in [0.3, 0.4) is 0 Å². The first-order valence-electron chi connectivity index (χ1n) is 5.35. The predicted octanol–water partition coefficient (Wildman–Crippen LogP) is 1.81. The molecule has 1 rings (SSSR count). The van der Waals surface area contributed by atoms with Crippen molar-refractivity contribution < 1.29 is 14.6 Å². The Morgan fingerprint density at radius 1 is 1.44 bits per heavy atom. The summed E-state index contributed by atoms with van der Waals surface area (Å²) >= 11 is 0. The van der Waals surface area contributed by atoms with Crippen LogP contribution in [-0.4, -0.2) is 17.1 Å². The number of aliphatic carboxylic acids is 1. The first-order chi connectivity index (χ1) is 8.13. The minimum absolute atomic E-state index is 0. The molecule has 0 fully saturated rings. The maximum Gasteiger partial charge on any atom is 0.320 e. The lowest BCUT2D eigenvalue weighted by molar-refractivity contribution is -0.138. The normalized spacial score (nSPS) is 10.6. The van der Waals surface area contributed by atoms with E-state index in [9.17, 15) is 4.79 Å². The summed E-state index contributed by atoms with van der Waals surface area (Å²) in [7, 11) is 0. The predicted molar refractivity (Wildman–Crippen MR) is 71.7 cm³/mol. The highest BCUT2D eigenvalue weighted by atomic mass is 35.5. The highest BCUT2D eigenvalue weighted by Gasteiger charge is 2.11. The quantitative estimate of drug-likeness (QED) is 0.818. The number of carbonyl (C=O) groups is 1. The van der Waals surface area contributed by atoms with Crippen molar-refractivity contribution in [3.8, 4) is 17.8 Å². The zero-order chi connectivity index (χ0) is 12.7. The van der Waals surface area contributed by atoms with Gasteiger partial charge in [0.2, 0.25) is 0 Å².